The summed E-state index contributed by atoms with van der Waals surface area (Å²) in [4.78, 5) is 11.5. The predicted octanol–water partition coefficient (Wildman–Crippen LogP) is 18.2. The first kappa shape index (κ1) is 60.7. The molecule has 0 atom stereocenters. The zero-order valence-corrected chi connectivity index (χ0v) is 56.2. The van der Waals surface area contributed by atoms with Gasteiger partial charge in [-0.25, -0.2) is 9.97 Å². The molecule has 16 aromatic rings. The fraction of sp³-hybridized carbons (Fsp3) is 0. The molecule has 2 nitrogen and oxygen atoms in total. The number of aromatic nitrogens is 2. The average Bonchev–Trinajstić information content (AvgIpc) is 0.712. The van der Waals surface area contributed by atoms with Crippen molar-refractivity contribution >= 4 is 57.6 Å². The van der Waals surface area contributed by atoms with E-state index < -0.39 is 16.1 Å². The summed E-state index contributed by atoms with van der Waals surface area (Å²) in [5.74, 6) is 0.649. The minimum Gasteiger partial charge on any atom is -0.228 e. The predicted molar refractivity (Wildman–Crippen MR) is 418 cm³/mol. The molecule has 0 unspecified atom stereocenters. The van der Waals surface area contributed by atoms with Crippen molar-refractivity contribution in [1.29, 1.82) is 0 Å². The van der Waals surface area contributed by atoms with Gasteiger partial charge in [0.25, 0.3) is 0 Å². The molecule has 16 rings (SSSR count). The number of hydrogen-bond acceptors (Lipinski definition) is 2. The third kappa shape index (κ3) is 11.9. The molecule has 0 aliphatic heterocycles. The largest absolute Gasteiger partial charge is 0.228 e. The molecule has 0 aliphatic rings. The lowest BCUT2D eigenvalue weighted by atomic mass is 10.1. The topological polar surface area (TPSA) is 25.8 Å². The molecular formula is C94H68N2Si2. The number of rotatable bonds is 17. The Kier molecular flexibility index (Phi) is 16.9. The summed E-state index contributed by atoms with van der Waals surface area (Å²) in [6.07, 6.45) is 0. The second-order valence-electron chi connectivity index (χ2n) is 25.2. The standard InChI is InChI=1S/C94H68N2Si2/c1-9-25-69(26-10-1)75-41-53-84(54-42-75)97(85-55-43-76(44-56-85)70-27-11-2-12-28-70,86-57-45-77(46-58-86)71-29-13-3-14-30-71)90-65-83(94-95-92(81-37-21-7-22-38-81)68-93(96-94)82-39-23-8-24-40-82)66-91(67-90)98(87-59-47-78(48-60-87)72-31-15-4-16-32-72,88-61-49-79(50-62-88)73-33-17-5-18-34-73)89-63-51-80(52-64-89)74-35-19-6-20-36-74/h1-68H. The highest BCUT2D eigenvalue weighted by Crippen LogP contribution is 2.31. The van der Waals surface area contributed by atoms with E-state index in [0.717, 1.165) is 61.5 Å². The van der Waals surface area contributed by atoms with Gasteiger partial charge in [-0.15, -0.1) is 0 Å². The van der Waals surface area contributed by atoms with E-state index in [4.69, 9.17) is 9.97 Å². The molecule has 4 heteroatoms. The number of hydrogen-bond donors (Lipinski definition) is 0. The second kappa shape index (κ2) is 27.3. The summed E-state index contributed by atoms with van der Waals surface area (Å²) in [6.45, 7) is 0. The molecule has 462 valence electrons. The van der Waals surface area contributed by atoms with Crippen LogP contribution in [0, 0.1) is 0 Å². The van der Waals surface area contributed by atoms with Gasteiger partial charge in [0.1, 0.15) is 0 Å². The van der Waals surface area contributed by atoms with Crippen LogP contribution in [0.3, 0.4) is 0 Å². The monoisotopic (exact) mass is 1280 g/mol. The van der Waals surface area contributed by atoms with Crippen molar-refractivity contribution in [2.45, 2.75) is 0 Å². The first-order chi connectivity index (χ1) is 48.5. The molecule has 0 aliphatic carbocycles. The fourth-order valence-corrected chi connectivity index (χ4v) is 24.2. The molecular weight excluding hydrogens is 1210 g/mol. The molecule has 15 aromatic carbocycles. The van der Waals surface area contributed by atoms with Gasteiger partial charge in [-0.3, -0.25) is 0 Å². The Labute approximate surface area is 576 Å². The van der Waals surface area contributed by atoms with Crippen LogP contribution in [0.15, 0.2) is 413 Å². The summed E-state index contributed by atoms with van der Waals surface area (Å²) in [6, 6.07) is 153. The van der Waals surface area contributed by atoms with E-state index in [9.17, 15) is 0 Å². The Hall–Kier alpha value is -12.2. The lowest BCUT2D eigenvalue weighted by molar-refractivity contribution is 1.18. The Balaban J connectivity index is 1.06. The van der Waals surface area contributed by atoms with Crippen LogP contribution in [-0.4, -0.2) is 26.1 Å². The van der Waals surface area contributed by atoms with Gasteiger partial charge in [0.2, 0.25) is 0 Å². The molecule has 1 heterocycles. The van der Waals surface area contributed by atoms with Crippen LogP contribution in [0.25, 0.3) is 101 Å². The quantitative estimate of drug-likeness (QED) is 0.0671. The molecule has 0 amide bonds. The van der Waals surface area contributed by atoms with E-state index >= 15 is 0 Å². The second-order valence-corrected chi connectivity index (χ2v) is 32.8. The van der Waals surface area contributed by atoms with Crippen molar-refractivity contribution in [2.24, 2.45) is 0 Å². The lowest BCUT2D eigenvalue weighted by Gasteiger charge is -2.39. The summed E-state index contributed by atoms with van der Waals surface area (Å²) in [5.41, 5.74) is 18.7. The maximum Gasteiger partial charge on any atom is 0.179 e. The SMILES string of the molecule is c1ccc(-c2ccc([Si](c3ccc(-c4ccccc4)cc3)(c3ccc(-c4ccccc4)cc3)c3cc(-c4nc(-c5ccccc5)cc(-c5ccccc5)n4)cc([Si](c4ccc(-c5ccccc5)cc4)(c4ccc(-c5ccccc5)cc4)c4ccc(-c5ccccc5)cc4)c3)cc2)cc1. The Bertz CT molecular complexity index is 4580. The van der Waals surface area contributed by atoms with E-state index in [1.807, 2.05) is 0 Å². The Morgan fingerprint density at radius 3 is 0.500 bits per heavy atom. The minimum absolute atomic E-state index is 0.649. The molecule has 0 saturated heterocycles. The number of benzene rings is 15. The van der Waals surface area contributed by atoms with Crippen molar-refractivity contribution in [3.8, 4) is 101 Å². The van der Waals surface area contributed by atoms with Crippen molar-refractivity contribution in [3.63, 3.8) is 0 Å². The summed E-state index contributed by atoms with van der Waals surface area (Å²) in [5, 5.41) is 9.95. The zero-order valence-electron chi connectivity index (χ0n) is 54.2. The molecule has 0 N–H and O–H groups in total. The third-order valence-electron chi connectivity index (χ3n) is 19.5. The van der Waals surface area contributed by atoms with Crippen molar-refractivity contribution in [3.05, 3.63) is 413 Å². The first-order valence-corrected chi connectivity index (χ1v) is 37.7. The van der Waals surface area contributed by atoms with Crippen molar-refractivity contribution in [1.82, 2.24) is 9.97 Å². The molecule has 0 bridgehead atoms. The van der Waals surface area contributed by atoms with Crippen LogP contribution in [0.1, 0.15) is 0 Å². The third-order valence-corrected chi connectivity index (χ3v) is 29.0. The van der Waals surface area contributed by atoms with Crippen LogP contribution in [-0.2, 0) is 0 Å². The van der Waals surface area contributed by atoms with Crippen LogP contribution >= 0.6 is 0 Å². The van der Waals surface area contributed by atoms with Gasteiger partial charge in [-0.2, -0.15) is 0 Å². The summed E-state index contributed by atoms with van der Waals surface area (Å²) in [7, 11) is -7.19. The highest BCUT2D eigenvalue weighted by atomic mass is 28.3. The summed E-state index contributed by atoms with van der Waals surface area (Å²) < 4.78 is 0. The normalized spacial score (nSPS) is 11.5. The van der Waals surface area contributed by atoms with E-state index in [-0.39, 0.29) is 0 Å². The highest BCUT2D eigenvalue weighted by molar-refractivity contribution is 7.22. The van der Waals surface area contributed by atoms with E-state index in [0.29, 0.717) is 5.82 Å². The Morgan fingerprint density at radius 1 is 0.133 bits per heavy atom. The molecule has 0 fully saturated rings. The fourth-order valence-electron chi connectivity index (χ4n) is 14.5. The van der Waals surface area contributed by atoms with Gasteiger partial charge < -0.3 is 0 Å². The lowest BCUT2D eigenvalue weighted by Crippen LogP contribution is -2.78. The van der Waals surface area contributed by atoms with Gasteiger partial charge in [0.05, 0.1) is 11.4 Å². The van der Waals surface area contributed by atoms with Crippen molar-refractivity contribution < 1.29 is 0 Å². The van der Waals surface area contributed by atoms with Crippen LogP contribution in [0.4, 0.5) is 0 Å². The van der Waals surface area contributed by atoms with Gasteiger partial charge in [-0.05, 0) is 114 Å². The molecule has 0 spiro atoms. The maximum absolute atomic E-state index is 5.77. The average molecular weight is 1280 g/mol. The zero-order chi connectivity index (χ0) is 65.5. The van der Waals surface area contributed by atoms with Gasteiger partial charge in [0, 0.05) is 16.7 Å². The van der Waals surface area contributed by atoms with Gasteiger partial charge in [0.15, 0.2) is 22.0 Å². The highest BCUT2D eigenvalue weighted by Gasteiger charge is 2.47. The smallest absolute Gasteiger partial charge is 0.179 e. The first-order valence-electron chi connectivity index (χ1n) is 33.7. The van der Waals surface area contributed by atoms with Gasteiger partial charge in [-0.1, -0.05) is 406 Å². The summed E-state index contributed by atoms with van der Waals surface area (Å²) >= 11 is 0. The number of nitrogens with zero attached hydrogens (tertiary/aromatic N) is 2. The van der Waals surface area contributed by atoms with Gasteiger partial charge >= 0.3 is 0 Å². The van der Waals surface area contributed by atoms with E-state index in [2.05, 4.69) is 413 Å². The van der Waals surface area contributed by atoms with Crippen LogP contribution in [0.2, 0.25) is 0 Å². The van der Waals surface area contributed by atoms with Crippen molar-refractivity contribution in [2.75, 3.05) is 0 Å². The minimum atomic E-state index is -3.60. The van der Waals surface area contributed by atoms with E-state index in [1.54, 1.807) is 0 Å². The molecule has 1 aromatic heterocycles. The molecule has 0 saturated carbocycles. The van der Waals surface area contributed by atoms with Crippen LogP contribution in [0.5, 0.6) is 0 Å². The Morgan fingerprint density at radius 2 is 0.306 bits per heavy atom. The van der Waals surface area contributed by atoms with Crippen LogP contribution < -0.4 is 41.5 Å². The molecule has 98 heavy (non-hydrogen) atoms. The van der Waals surface area contributed by atoms with E-state index in [1.165, 1.54) is 74.9 Å². The maximum atomic E-state index is 5.77. The molecule has 0 radical (unpaired) electrons.